The maximum absolute atomic E-state index is 10.8. The number of carbonyl (C=O) groups excluding carboxylic acids is 1. The molecule has 1 aromatic carbocycles. The largest absolute Gasteiger partial charge is 0.298 e. The Morgan fingerprint density at radius 1 is 1.36 bits per heavy atom. The molecule has 1 heteroatoms. The van der Waals surface area contributed by atoms with Crippen LogP contribution in [0, 0.1) is 0 Å². The number of rotatable bonds is 5. The molecule has 0 aliphatic carbocycles. The lowest BCUT2D eigenvalue weighted by atomic mass is 9.92. The first-order valence-corrected chi connectivity index (χ1v) is 5.33. The van der Waals surface area contributed by atoms with Crippen LogP contribution in [0.5, 0.6) is 0 Å². The Morgan fingerprint density at radius 2 is 2.07 bits per heavy atom. The average Bonchev–Trinajstić information content (AvgIpc) is 2.25. The van der Waals surface area contributed by atoms with Crippen molar-refractivity contribution in [2.24, 2.45) is 0 Å². The molecule has 0 saturated heterocycles. The first kappa shape index (κ1) is 11.0. The zero-order chi connectivity index (χ0) is 10.4. The molecule has 0 aliphatic heterocycles. The van der Waals surface area contributed by atoms with Gasteiger partial charge in [-0.05, 0) is 17.9 Å². The maximum atomic E-state index is 10.8. The Kier molecular flexibility index (Phi) is 4.37. The molecule has 1 unspecified atom stereocenters. The monoisotopic (exact) mass is 190 g/mol. The molecule has 0 bridgehead atoms. The standard InChI is InChI=1S/C13H18O/c1-3-4-7-11(2)13-9-6-5-8-12(13)10-14/h5-6,8-11H,3-4,7H2,1-2H3. The van der Waals surface area contributed by atoms with Gasteiger partial charge >= 0.3 is 0 Å². The lowest BCUT2D eigenvalue weighted by Crippen LogP contribution is -1.98. The van der Waals surface area contributed by atoms with E-state index in [-0.39, 0.29) is 0 Å². The van der Waals surface area contributed by atoms with Crippen LogP contribution in [-0.2, 0) is 0 Å². The van der Waals surface area contributed by atoms with Crippen molar-refractivity contribution in [2.45, 2.75) is 39.0 Å². The molecular formula is C13H18O. The summed E-state index contributed by atoms with van der Waals surface area (Å²) in [6.07, 6.45) is 4.57. The molecule has 14 heavy (non-hydrogen) atoms. The molecule has 1 atom stereocenters. The molecule has 0 saturated carbocycles. The minimum Gasteiger partial charge on any atom is -0.298 e. The van der Waals surface area contributed by atoms with Crippen LogP contribution in [0.1, 0.15) is 54.9 Å². The quantitative estimate of drug-likeness (QED) is 0.645. The van der Waals surface area contributed by atoms with Gasteiger partial charge in [0.1, 0.15) is 6.29 Å². The lowest BCUT2D eigenvalue weighted by Gasteiger charge is -2.12. The number of hydrogen-bond acceptors (Lipinski definition) is 1. The van der Waals surface area contributed by atoms with Crippen molar-refractivity contribution in [3.63, 3.8) is 0 Å². The first-order valence-electron chi connectivity index (χ1n) is 5.33. The predicted octanol–water partition coefficient (Wildman–Crippen LogP) is 3.79. The van der Waals surface area contributed by atoms with Gasteiger partial charge in [0.25, 0.3) is 0 Å². The van der Waals surface area contributed by atoms with Crippen LogP contribution in [0.15, 0.2) is 24.3 Å². The average molecular weight is 190 g/mol. The van der Waals surface area contributed by atoms with E-state index in [1.807, 2.05) is 18.2 Å². The number of benzene rings is 1. The number of aldehydes is 1. The van der Waals surface area contributed by atoms with E-state index < -0.39 is 0 Å². The maximum Gasteiger partial charge on any atom is 0.150 e. The van der Waals surface area contributed by atoms with Crippen molar-refractivity contribution in [1.82, 2.24) is 0 Å². The molecule has 1 nitrogen and oxygen atoms in total. The zero-order valence-corrected chi connectivity index (χ0v) is 8.99. The van der Waals surface area contributed by atoms with E-state index in [4.69, 9.17) is 0 Å². The number of carbonyl (C=O) groups is 1. The van der Waals surface area contributed by atoms with E-state index >= 15 is 0 Å². The Labute approximate surface area is 86.1 Å². The van der Waals surface area contributed by atoms with E-state index in [2.05, 4.69) is 19.9 Å². The summed E-state index contributed by atoms with van der Waals surface area (Å²) in [5.41, 5.74) is 2.03. The third-order valence-electron chi connectivity index (χ3n) is 2.64. The molecule has 0 heterocycles. The Hall–Kier alpha value is -1.11. The molecule has 0 N–H and O–H groups in total. The van der Waals surface area contributed by atoms with Crippen LogP contribution in [-0.4, -0.2) is 6.29 Å². The summed E-state index contributed by atoms with van der Waals surface area (Å²) in [6.45, 7) is 4.39. The predicted molar refractivity (Wildman–Crippen MR) is 59.8 cm³/mol. The Balaban J connectivity index is 2.77. The summed E-state index contributed by atoms with van der Waals surface area (Å²) in [7, 11) is 0. The van der Waals surface area contributed by atoms with E-state index in [1.165, 1.54) is 24.8 Å². The molecule has 0 amide bonds. The number of hydrogen-bond donors (Lipinski definition) is 0. The first-order chi connectivity index (χ1) is 6.79. The van der Waals surface area contributed by atoms with Gasteiger partial charge in [-0.3, -0.25) is 4.79 Å². The zero-order valence-electron chi connectivity index (χ0n) is 8.99. The van der Waals surface area contributed by atoms with Crippen LogP contribution in [0.25, 0.3) is 0 Å². The van der Waals surface area contributed by atoms with E-state index in [0.29, 0.717) is 5.92 Å². The highest BCUT2D eigenvalue weighted by Gasteiger charge is 2.08. The van der Waals surface area contributed by atoms with Crippen molar-refractivity contribution < 1.29 is 4.79 Å². The minimum atomic E-state index is 0.497. The lowest BCUT2D eigenvalue weighted by molar-refractivity contribution is 0.112. The Morgan fingerprint density at radius 3 is 2.71 bits per heavy atom. The molecule has 1 rings (SSSR count). The smallest absolute Gasteiger partial charge is 0.150 e. The van der Waals surface area contributed by atoms with Gasteiger partial charge in [0.2, 0.25) is 0 Å². The van der Waals surface area contributed by atoms with Crippen LogP contribution < -0.4 is 0 Å². The summed E-state index contributed by atoms with van der Waals surface area (Å²) >= 11 is 0. The molecular weight excluding hydrogens is 172 g/mol. The highest BCUT2D eigenvalue weighted by Crippen LogP contribution is 2.23. The van der Waals surface area contributed by atoms with E-state index in [0.717, 1.165) is 11.8 Å². The summed E-state index contributed by atoms with van der Waals surface area (Å²) in [6, 6.07) is 7.87. The molecule has 0 fully saturated rings. The third-order valence-corrected chi connectivity index (χ3v) is 2.64. The summed E-state index contributed by atoms with van der Waals surface area (Å²) in [4.78, 5) is 10.8. The summed E-state index contributed by atoms with van der Waals surface area (Å²) in [5.74, 6) is 0.497. The second-order valence-corrected chi connectivity index (χ2v) is 3.79. The van der Waals surface area contributed by atoms with Gasteiger partial charge in [0.05, 0.1) is 0 Å². The van der Waals surface area contributed by atoms with Crippen molar-refractivity contribution in [3.05, 3.63) is 35.4 Å². The van der Waals surface area contributed by atoms with E-state index in [9.17, 15) is 4.79 Å². The van der Waals surface area contributed by atoms with Gasteiger partial charge in [-0.25, -0.2) is 0 Å². The van der Waals surface area contributed by atoms with Gasteiger partial charge < -0.3 is 0 Å². The summed E-state index contributed by atoms with van der Waals surface area (Å²) in [5, 5.41) is 0. The van der Waals surface area contributed by atoms with Crippen LogP contribution in [0.3, 0.4) is 0 Å². The molecule has 1 aromatic rings. The Bertz CT molecular complexity index is 291. The minimum absolute atomic E-state index is 0.497. The molecule has 76 valence electrons. The molecule has 0 aromatic heterocycles. The van der Waals surface area contributed by atoms with Crippen LogP contribution >= 0.6 is 0 Å². The van der Waals surface area contributed by atoms with Crippen LogP contribution in [0.4, 0.5) is 0 Å². The van der Waals surface area contributed by atoms with Gasteiger partial charge in [-0.2, -0.15) is 0 Å². The highest BCUT2D eigenvalue weighted by molar-refractivity contribution is 5.77. The molecule has 0 spiro atoms. The van der Waals surface area contributed by atoms with Crippen molar-refractivity contribution in [3.8, 4) is 0 Å². The third kappa shape index (κ3) is 2.69. The topological polar surface area (TPSA) is 17.1 Å². The molecule has 0 radical (unpaired) electrons. The highest BCUT2D eigenvalue weighted by atomic mass is 16.1. The van der Waals surface area contributed by atoms with Gasteiger partial charge in [-0.15, -0.1) is 0 Å². The fourth-order valence-electron chi connectivity index (χ4n) is 1.73. The molecule has 0 aliphatic rings. The van der Waals surface area contributed by atoms with E-state index in [1.54, 1.807) is 0 Å². The van der Waals surface area contributed by atoms with Gasteiger partial charge in [0.15, 0.2) is 0 Å². The van der Waals surface area contributed by atoms with Gasteiger partial charge in [-0.1, -0.05) is 51.0 Å². The SMILES string of the molecule is CCCCC(C)c1ccccc1C=O. The van der Waals surface area contributed by atoms with Crippen molar-refractivity contribution >= 4 is 6.29 Å². The number of unbranched alkanes of at least 4 members (excludes halogenated alkanes) is 1. The van der Waals surface area contributed by atoms with Crippen LogP contribution in [0.2, 0.25) is 0 Å². The van der Waals surface area contributed by atoms with Crippen molar-refractivity contribution in [1.29, 1.82) is 0 Å². The summed E-state index contributed by atoms with van der Waals surface area (Å²) < 4.78 is 0. The second kappa shape index (κ2) is 5.58. The second-order valence-electron chi connectivity index (χ2n) is 3.79. The fraction of sp³-hybridized carbons (Fsp3) is 0.462. The normalized spacial score (nSPS) is 12.4. The van der Waals surface area contributed by atoms with Crippen molar-refractivity contribution in [2.75, 3.05) is 0 Å². The fourth-order valence-corrected chi connectivity index (χ4v) is 1.73. The van der Waals surface area contributed by atoms with Gasteiger partial charge in [0, 0.05) is 5.56 Å².